The molecular weight excluding hydrogens is 437 g/mol. The lowest BCUT2D eigenvalue weighted by molar-refractivity contribution is 0.101. The van der Waals surface area contributed by atoms with E-state index in [2.05, 4.69) is 15.5 Å². The van der Waals surface area contributed by atoms with Crippen LogP contribution in [-0.4, -0.2) is 25.2 Å². The molecule has 0 fully saturated rings. The normalized spacial score (nSPS) is 11.2. The van der Waals surface area contributed by atoms with Crippen LogP contribution in [0, 0.1) is 0 Å². The van der Waals surface area contributed by atoms with E-state index < -0.39 is 11.5 Å². The quantitative estimate of drug-likeness (QED) is 0.442. The van der Waals surface area contributed by atoms with Gasteiger partial charge in [0.15, 0.2) is 5.65 Å². The Labute approximate surface area is 185 Å². The second kappa shape index (κ2) is 7.54. The third kappa shape index (κ3) is 3.43. The lowest BCUT2D eigenvalue weighted by Crippen LogP contribution is -2.32. The lowest BCUT2D eigenvalue weighted by Gasteiger charge is -2.10. The van der Waals surface area contributed by atoms with Crippen molar-refractivity contribution >= 4 is 45.7 Å². The lowest BCUT2D eigenvalue weighted by atomic mass is 10.1. The van der Waals surface area contributed by atoms with Crippen LogP contribution < -0.4 is 11.0 Å². The summed E-state index contributed by atoms with van der Waals surface area (Å²) in [5.41, 5.74) is 5.45. The maximum absolute atomic E-state index is 12.9. The minimum Gasteiger partial charge on any atom is -0.267 e. The molecule has 9 heteroatoms. The zero-order valence-corrected chi connectivity index (χ0v) is 17.3. The van der Waals surface area contributed by atoms with Gasteiger partial charge in [0, 0.05) is 33.6 Å². The van der Waals surface area contributed by atoms with Gasteiger partial charge in [0.25, 0.3) is 11.5 Å². The molecule has 0 bridgehead atoms. The van der Waals surface area contributed by atoms with Crippen LogP contribution in [0.25, 0.3) is 27.7 Å². The molecule has 0 radical (unpaired) electrons. The number of carbonyl (C=O) groups is 1. The van der Waals surface area contributed by atoms with Crippen molar-refractivity contribution in [1.29, 1.82) is 0 Å². The van der Waals surface area contributed by atoms with Crippen molar-refractivity contribution in [2.45, 2.75) is 0 Å². The third-order valence-electron chi connectivity index (χ3n) is 4.88. The summed E-state index contributed by atoms with van der Waals surface area (Å²) in [6.07, 6.45) is 4.67. The standard InChI is InChI=1S/C22H13Cl2N5O2/c23-15-5-1-13(2-6-15)17-12-26-29-19-9-10-28(22(31)18(19)11-25-20(17)29)27-21(30)14-3-7-16(24)8-4-14/h1-12H,(H,27,30). The van der Waals surface area contributed by atoms with Gasteiger partial charge in [-0.05, 0) is 48.0 Å². The van der Waals surface area contributed by atoms with Crippen LogP contribution in [-0.2, 0) is 0 Å². The maximum atomic E-state index is 12.9. The number of hydrogen-bond donors (Lipinski definition) is 1. The summed E-state index contributed by atoms with van der Waals surface area (Å²) in [5.74, 6) is -0.434. The van der Waals surface area contributed by atoms with Crippen molar-refractivity contribution in [1.82, 2.24) is 19.3 Å². The predicted octanol–water partition coefficient (Wildman–Crippen LogP) is 4.40. The molecule has 0 aliphatic heterocycles. The molecule has 0 aliphatic rings. The molecule has 0 saturated heterocycles. The average molecular weight is 450 g/mol. The van der Waals surface area contributed by atoms with Gasteiger partial charge in [-0.15, -0.1) is 0 Å². The van der Waals surface area contributed by atoms with E-state index in [9.17, 15) is 9.59 Å². The molecule has 3 heterocycles. The van der Waals surface area contributed by atoms with Crippen LogP contribution >= 0.6 is 23.2 Å². The number of benzene rings is 2. The fourth-order valence-electron chi connectivity index (χ4n) is 3.31. The monoisotopic (exact) mass is 449 g/mol. The Morgan fingerprint density at radius 1 is 0.903 bits per heavy atom. The van der Waals surface area contributed by atoms with Gasteiger partial charge in [-0.1, -0.05) is 35.3 Å². The zero-order chi connectivity index (χ0) is 21.5. The Kier molecular flexibility index (Phi) is 4.69. The summed E-state index contributed by atoms with van der Waals surface area (Å²) in [5, 5.41) is 5.88. The van der Waals surface area contributed by atoms with Crippen LogP contribution in [0.1, 0.15) is 10.4 Å². The van der Waals surface area contributed by atoms with Gasteiger partial charge >= 0.3 is 0 Å². The van der Waals surface area contributed by atoms with Crippen LogP contribution in [0.15, 0.2) is 78.0 Å². The molecule has 5 rings (SSSR count). The second-order valence-electron chi connectivity index (χ2n) is 6.80. The van der Waals surface area contributed by atoms with Gasteiger partial charge in [0.2, 0.25) is 0 Å². The Morgan fingerprint density at radius 2 is 1.58 bits per heavy atom. The SMILES string of the molecule is O=C(Nn1ccc2c(cnc3c(-c4ccc(Cl)cc4)cnn32)c1=O)c1ccc(Cl)cc1. The molecule has 0 spiro atoms. The van der Waals surface area contributed by atoms with Crippen LogP contribution in [0.2, 0.25) is 10.0 Å². The number of amides is 1. The number of fused-ring (bicyclic) bond motifs is 3. The average Bonchev–Trinajstić information content (AvgIpc) is 3.21. The topological polar surface area (TPSA) is 81.3 Å². The fourth-order valence-corrected chi connectivity index (χ4v) is 3.56. The molecule has 5 aromatic rings. The highest BCUT2D eigenvalue weighted by atomic mass is 35.5. The molecule has 0 aliphatic carbocycles. The molecule has 2 aromatic carbocycles. The minimum absolute atomic E-state index is 0.317. The van der Waals surface area contributed by atoms with Crippen molar-refractivity contribution in [3.05, 3.63) is 99.2 Å². The van der Waals surface area contributed by atoms with E-state index in [1.54, 1.807) is 53.2 Å². The smallest absolute Gasteiger partial charge is 0.267 e. The highest BCUT2D eigenvalue weighted by Crippen LogP contribution is 2.26. The molecule has 0 saturated carbocycles. The summed E-state index contributed by atoms with van der Waals surface area (Å²) in [4.78, 5) is 29.8. The fraction of sp³-hybridized carbons (Fsp3) is 0. The van der Waals surface area contributed by atoms with E-state index in [4.69, 9.17) is 23.2 Å². The predicted molar refractivity (Wildman–Crippen MR) is 120 cm³/mol. The highest BCUT2D eigenvalue weighted by Gasteiger charge is 2.14. The van der Waals surface area contributed by atoms with Gasteiger partial charge in [0.1, 0.15) is 0 Å². The van der Waals surface area contributed by atoms with Gasteiger partial charge in [-0.2, -0.15) is 5.10 Å². The van der Waals surface area contributed by atoms with Gasteiger partial charge in [0.05, 0.1) is 17.1 Å². The zero-order valence-electron chi connectivity index (χ0n) is 15.8. The number of nitrogens with zero attached hydrogens (tertiary/aromatic N) is 4. The number of aromatic nitrogens is 4. The second-order valence-corrected chi connectivity index (χ2v) is 7.67. The summed E-state index contributed by atoms with van der Waals surface area (Å²) in [7, 11) is 0. The molecule has 0 unspecified atom stereocenters. The van der Waals surface area contributed by atoms with E-state index in [1.807, 2.05) is 12.1 Å². The number of halogens is 2. The summed E-state index contributed by atoms with van der Waals surface area (Å²) in [6.45, 7) is 0. The Balaban J connectivity index is 1.55. The number of nitrogens with one attached hydrogen (secondary N) is 1. The first-order chi connectivity index (χ1) is 15.0. The first-order valence-corrected chi connectivity index (χ1v) is 9.98. The number of carbonyl (C=O) groups excluding carboxylic acids is 1. The first kappa shape index (κ1) is 19.3. The van der Waals surface area contributed by atoms with E-state index in [1.165, 1.54) is 12.4 Å². The highest BCUT2D eigenvalue weighted by molar-refractivity contribution is 6.31. The van der Waals surface area contributed by atoms with E-state index in [0.717, 1.165) is 15.8 Å². The number of pyridine rings is 1. The van der Waals surface area contributed by atoms with Crippen molar-refractivity contribution in [2.24, 2.45) is 0 Å². The molecule has 1 N–H and O–H groups in total. The molecule has 31 heavy (non-hydrogen) atoms. The Morgan fingerprint density at radius 3 is 2.29 bits per heavy atom. The van der Waals surface area contributed by atoms with Crippen molar-refractivity contribution in [3.8, 4) is 11.1 Å². The van der Waals surface area contributed by atoms with Crippen LogP contribution in [0.3, 0.4) is 0 Å². The van der Waals surface area contributed by atoms with Crippen molar-refractivity contribution < 1.29 is 4.79 Å². The largest absolute Gasteiger partial charge is 0.280 e. The van der Waals surface area contributed by atoms with Gasteiger partial charge < -0.3 is 0 Å². The Hall–Kier alpha value is -3.68. The summed E-state index contributed by atoms with van der Waals surface area (Å²) in [6, 6.07) is 15.4. The summed E-state index contributed by atoms with van der Waals surface area (Å²) >= 11 is 11.8. The molecule has 152 valence electrons. The van der Waals surface area contributed by atoms with Gasteiger partial charge in [-0.3, -0.25) is 15.0 Å². The van der Waals surface area contributed by atoms with Gasteiger partial charge in [-0.25, -0.2) is 14.2 Å². The van der Waals surface area contributed by atoms with Crippen molar-refractivity contribution in [2.75, 3.05) is 5.43 Å². The number of rotatable bonds is 3. The first-order valence-electron chi connectivity index (χ1n) is 9.22. The van der Waals surface area contributed by atoms with Crippen LogP contribution in [0.5, 0.6) is 0 Å². The third-order valence-corrected chi connectivity index (χ3v) is 5.38. The van der Waals surface area contributed by atoms with Crippen LogP contribution in [0.4, 0.5) is 0 Å². The molecule has 0 atom stereocenters. The molecule has 1 amide bonds. The van der Waals surface area contributed by atoms with Crippen molar-refractivity contribution in [3.63, 3.8) is 0 Å². The molecular formula is C22H13Cl2N5O2. The van der Waals surface area contributed by atoms with E-state index in [0.29, 0.717) is 32.2 Å². The molecule has 7 nitrogen and oxygen atoms in total. The molecule has 3 aromatic heterocycles. The minimum atomic E-state index is -0.434. The Bertz CT molecular complexity index is 1510. The maximum Gasteiger partial charge on any atom is 0.280 e. The number of hydrogen-bond acceptors (Lipinski definition) is 4. The summed E-state index contributed by atoms with van der Waals surface area (Å²) < 4.78 is 2.72. The van der Waals surface area contributed by atoms with E-state index >= 15 is 0 Å². The van der Waals surface area contributed by atoms with E-state index in [-0.39, 0.29) is 0 Å².